The van der Waals surface area contributed by atoms with Crippen LogP contribution < -0.4 is 0 Å². The molecule has 5 rings (SSSR count). The molecule has 5 heteroatoms. The molecule has 2 aliphatic rings. The second-order valence-corrected chi connectivity index (χ2v) is 13.4. The number of allylic oxidation sites excluding steroid dienone is 1. The summed E-state index contributed by atoms with van der Waals surface area (Å²) in [6.07, 6.45) is 28.6. The minimum atomic E-state index is 0.554. The Morgan fingerprint density at radius 1 is 0.867 bits per heavy atom. The predicted octanol–water partition coefficient (Wildman–Crippen LogP) is 11.3. The molecule has 1 aliphatic carbocycles. The summed E-state index contributed by atoms with van der Waals surface area (Å²) in [6.45, 7) is 4.61. The van der Waals surface area contributed by atoms with Crippen molar-refractivity contribution in [1.29, 1.82) is 0 Å². The van der Waals surface area contributed by atoms with Crippen molar-refractivity contribution < 1.29 is 4.74 Å². The third-order valence-electron chi connectivity index (χ3n) is 9.88. The fourth-order valence-corrected chi connectivity index (χ4v) is 7.26. The standard InChI is InChI=1S/C40H58N4O/c1-4-6-8-9-10-11-12-13-17-22-31-25-26-35(42-31)38(40-37(45-3)29-36(44-40)34-24-19-27-41-34)39-33-28-32(43-39)23-18-15-14-16-21-30(33)20-7-5-2/h19,24-30,41-43H,4-18,20-23H2,1-3H3/t30-/m0/s1. The summed E-state index contributed by atoms with van der Waals surface area (Å²) in [7, 11) is 1.77. The number of ether oxygens (including phenoxy) is 1. The van der Waals surface area contributed by atoms with Crippen molar-refractivity contribution in [2.24, 2.45) is 4.99 Å². The van der Waals surface area contributed by atoms with Crippen molar-refractivity contribution in [2.75, 3.05) is 7.11 Å². The van der Waals surface area contributed by atoms with E-state index in [1.807, 2.05) is 12.3 Å². The third kappa shape index (κ3) is 8.95. The number of unbranched alkanes of at least 4 members (excludes halogenated alkanes) is 9. The molecule has 0 spiro atoms. The minimum Gasteiger partial charge on any atom is -0.494 e. The van der Waals surface area contributed by atoms with Gasteiger partial charge in [-0.05, 0) is 80.3 Å². The zero-order valence-corrected chi connectivity index (χ0v) is 28.4. The molecule has 0 radical (unpaired) electrons. The lowest BCUT2D eigenvalue weighted by Gasteiger charge is -2.20. The average Bonchev–Trinajstić information content (AvgIpc) is 3.88. The number of aromatic nitrogens is 3. The molecule has 1 aliphatic heterocycles. The zero-order valence-electron chi connectivity index (χ0n) is 28.4. The summed E-state index contributed by atoms with van der Waals surface area (Å²) in [4.78, 5) is 16.4. The van der Waals surface area contributed by atoms with Gasteiger partial charge in [-0.3, -0.25) is 0 Å². The van der Waals surface area contributed by atoms with Crippen LogP contribution in [0.25, 0.3) is 5.57 Å². The molecule has 0 saturated carbocycles. The third-order valence-corrected chi connectivity index (χ3v) is 9.88. The van der Waals surface area contributed by atoms with Crippen LogP contribution in [-0.4, -0.2) is 27.8 Å². The molecule has 1 atom stereocenters. The van der Waals surface area contributed by atoms with E-state index in [0.29, 0.717) is 5.92 Å². The summed E-state index contributed by atoms with van der Waals surface area (Å²) in [5, 5.41) is 0. The molecule has 3 aromatic rings. The molecule has 0 unspecified atom stereocenters. The summed E-state index contributed by atoms with van der Waals surface area (Å²) in [5.41, 5.74) is 10.5. The molecule has 244 valence electrons. The van der Waals surface area contributed by atoms with Crippen molar-refractivity contribution in [3.05, 3.63) is 88.1 Å². The summed E-state index contributed by atoms with van der Waals surface area (Å²) < 4.78 is 6.04. The number of H-pyrrole nitrogens is 3. The molecular weight excluding hydrogens is 552 g/mol. The molecule has 5 nitrogen and oxygen atoms in total. The van der Waals surface area contributed by atoms with Gasteiger partial charge in [-0.1, -0.05) is 97.3 Å². The van der Waals surface area contributed by atoms with Gasteiger partial charge in [0.15, 0.2) is 0 Å². The van der Waals surface area contributed by atoms with Gasteiger partial charge in [0.2, 0.25) is 0 Å². The first-order chi connectivity index (χ1) is 22.2. The Morgan fingerprint density at radius 2 is 1.64 bits per heavy atom. The number of nitrogens with zero attached hydrogens (tertiary/aromatic N) is 1. The largest absolute Gasteiger partial charge is 0.494 e. The summed E-state index contributed by atoms with van der Waals surface area (Å²) in [5.74, 6) is 1.37. The lowest BCUT2D eigenvalue weighted by Crippen LogP contribution is -2.05. The van der Waals surface area contributed by atoms with E-state index in [1.165, 1.54) is 132 Å². The number of nitrogens with one attached hydrogen (secondary N) is 3. The first-order valence-electron chi connectivity index (χ1n) is 18.3. The Morgan fingerprint density at radius 3 is 2.40 bits per heavy atom. The number of aliphatic imine (C=N–C) groups is 1. The van der Waals surface area contributed by atoms with Gasteiger partial charge < -0.3 is 19.7 Å². The first-order valence-corrected chi connectivity index (χ1v) is 18.3. The number of fused-ring (bicyclic) bond motifs is 2. The lowest BCUT2D eigenvalue weighted by atomic mass is 9.85. The van der Waals surface area contributed by atoms with Gasteiger partial charge in [0, 0.05) is 23.7 Å². The Balaban J connectivity index is 1.46. The number of aromatic amines is 3. The second kappa shape index (κ2) is 17.5. The van der Waals surface area contributed by atoms with E-state index in [0.717, 1.165) is 47.0 Å². The topological polar surface area (TPSA) is 69.0 Å². The fraction of sp³-hybridized carbons (Fsp3) is 0.575. The van der Waals surface area contributed by atoms with Crippen molar-refractivity contribution in [2.45, 2.75) is 142 Å². The molecule has 4 heterocycles. The highest BCUT2D eigenvalue weighted by molar-refractivity contribution is 6.11. The maximum absolute atomic E-state index is 6.04. The Bertz CT molecular complexity index is 1400. The number of hydrogen-bond donors (Lipinski definition) is 3. The molecule has 3 aromatic heterocycles. The van der Waals surface area contributed by atoms with E-state index in [9.17, 15) is 0 Å². The number of hydrogen-bond acceptors (Lipinski definition) is 2. The van der Waals surface area contributed by atoms with Crippen LogP contribution in [0.1, 0.15) is 163 Å². The molecule has 0 fully saturated rings. The Kier molecular flexibility index (Phi) is 12.9. The monoisotopic (exact) mass is 610 g/mol. The highest BCUT2D eigenvalue weighted by atomic mass is 16.5. The zero-order chi connectivity index (χ0) is 31.3. The van der Waals surface area contributed by atoms with Crippen LogP contribution in [-0.2, 0) is 17.6 Å². The Hall–Kier alpha value is -3.21. The SMILES string of the molecule is CCCCCCCCCCCc1ccc(C(=C2N=C(c3ccc[nH]3)C=C2OC)c2[nH]c3cc2[C@@H](CCCC)CCCCCC3)[nH]1. The first kappa shape index (κ1) is 33.2. The molecular formula is C40H58N4O. The van der Waals surface area contributed by atoms with Gasteiger partial charge in [-0.15, -0.1) is 0 Å². The van der Waals surface area contributed by atoms with Gasteiger partial charge >= 0.3 is 0 Å². The van der Waals surface area contributed by atoms with Crippen molar-refractivity contribution in [1.82, 2.24) is 15.0 Å². The summed E-state index contributed by atoms with van der Waals surface area (Å²) >= 11 is 0. The number of aryl methyl sites for hydroxylation is 2. The smallest absolute Gasteiger partial charge is 0.147 e. The highest BCUT2D eigenvalue weighted by Gasteiger charge is 2.29. The van der Waals surface area contributed by atoms with Crippen molar-refractivity contribution in [3.63, 3.8) is 0 Å². The van der Waals surface area contributed by atoms with Crippen LogP contribution in [0, 0.1) is 0 Å². The number of rotatable bonds is 17. The van der Waals surface area contributed by atoms with E-state index in [1.54, 1.807) is 7.11 Å². The molecule has 3 N–H and O–H groups in total. The van der Waals surface area contributed by atoms with Crippen LogP contribution in [0.2, 0.25) is 0 Å². The molecule has 0 amide bonds. The van der Waals surface area contributed by atoms with Crippen LogP contribution in [0.3, 0.4) is 0 Å². The van der Waals surface area contributed by atoms with Gasteiger partial charge in [-0.25, -0.2) is 4.99 Å². The van der Waals surface area contributed by atoms with E-state index in [2.05, 4.69) is 59.1 Å². The van der Waals surface area contributed by atoms with Crippen molar-refractivity contribution in [3.8, 4) is 0 Å². The predicted molar refractivity (Wildman–Crippen MR) is 190 cm³/mol. The van der Waals surface area contributed by atoms with E-state index in [4.69, 9.17) is 9.73 Å². The van der Waals surface area contributed by atoms with Crippen LogP contribution in [0.4, 0.5) is 0 Å². The van der Waals surface area contributed by atoms with Gasteiger partial charge in [0.1, 0.15) is 11.5 Å². The second-order valence-electron chi connectivity index (χ2n) is 13.4. The van der Waals surface area contributed by atoms with E-state index >= 15 is 0 Å². The van der Waals surface area contributed by atoms with Gasteiger partial charge in [0.25, 0.3) is 0 Å². The maximum Gasteiger partial charge on any atom is 0.147 e. The molecule has 2 bridgehead atoms. The summed E-state index contributed by atoms with van der Waals surface area (Å²) in [6, 6.07) is 11.2. The van der Waals surface area contributed by atoms with E-state index < -0.39 is 0 Å². The minimum absolute atomic E-state index is 0.554. The van der Waals surface area contributed by atoms with Crippen LogP contribution in [0.15, 0.2) is 59.1 Å². The van der Waals surface area contributed by atoms with Crippen molar-refractivity contribution >= 4 is 11.3 Å². The Labute approximate surface area is 272 Å². The fourth-order valence-electron chi connectivity index (χ4n) is 7.26. The molecule has 0 saturated heterocycles. The van der Waals surface area contributed by atoms with Gasteiger partial charge in [0.05, 0.1) is 35.5 Å². The normalized spacial score (nSPS) is 18.2. The van der Waals surface area contributed by atoms with Crippen LogP contribution in [0.5, 0.6) is 0 Å². The highest BCUT2D eigenvalue weighted by Crippen LogP contribution is 2.41. The van der Waals surface area contributed by atoms with Crippen LogP contribution >= 0.6 is 0 Å². The lowest BCUT2D eigenvalue weighted by molar-refractivity contribution is 0.302. The van der Waals surface area contributed by atoms with Gasteiger partial charge in [-0.2, -0.15) is 0 Å². The molecule has 0 aromatic carbocycles. The maximum atomic E-state index is 6.04. The van der Waals surface area contributed by atoms with E-state index in [-0.39, 0.29) is 0 Å². The number of methoxy groups -OCH3 is 1. The average molecular weight is 611 g/mol. The quantitative estimate of drug-likeness (QED) is 0.131. The molecule has 45 heavy (non-hydrogen) atoms.